The number of benzene rings is 1. The van der Waals surface area contributed by atoms with Gasteiger partial charge in [-0.2, -0.15) is 18.3 Å². The van der Waals surface area contributed by atoms with E-state index in [0.717, 1.165) is 24.1 Å². The lowest BCUT2D eigenvalue weighted by Gasteiger charge is -2.38. The number of aryl methyl sites for hydroxylation is 1. The molecule has 2 bridgehead atoms. The lowest BCUT2D eigenvalue weighted by atomic mass is 9.76. The van der Waals surface area contributed by atoms with Crippen LogP contribution in [-0.2, 0) is 23.6 Å². The van der Waals surface area contributed by atoms with Crippen LogP contribution in [-0.4, -0.2) is 15.7 Å². The second-order valence-electron chi connectivity index (χ2n) is 7.80. The lowest BCUT2D eigenvalue weighted by molar-refractivity contribution is -0.137. The maximum Gasteiger partial charge on any atom is 0.416 e. The van der Waals surface area contributed by atoms with Gasteiger partial charge in [0.15, 0.2) is 0 Å². The summed E-state index contributed by atoms with van der Waals surface area (Å²) < 4.78 is 47.1. The summed E-state index contributed by atoms with van der Waals surface area (Å²) in [4.78, 5) is 12.8. The molecule has 144 valence electrons. The van der Waals surface area contributed by atoms with Crippen molar-refractivity contribution < 1.29 is 22.7 Å². The first-order valence-corrected chi connectivity index (χ1v) is 8.99. The van der Waals surface area contributed by atoms with Gasteiger partial charge in [0.25, 0.3) is 0 Å². The minimum Gasteiger partial charge on any atom is -0.450 e. The Bertz CT molecular complexity index is 951. The van der Waals surface area contributed by atoms with Gasteiger partial charge in [0.1, 0.15) is 16.3 Å². The Morgan fingerprint density at radius 3 is 2.67 bits per heavy atom. The zero-order valence-electron chi connectivity index (χ0n) is 15.0. The molecule has 2 aliphatic carbocycles. The maximum atomic E-state index is 13.3. The zero-order valence-corrected chi connectivity index (χ0v) is 15.8. The molecule has 0 spiro atoms. The Balaban J connectivity index is 1.82. The average molecular weight is 399 g/mol. The van der Waals surface area contributed by atoms with E-state index in [-0.39, 0.29) is 16.6 Å². The lowest BCUT2D eigenvalue weighted by Crippen LogP contribution is -2.39. The predicted molar refractivity (Wildman–Crippen MR) is 92.5 cm³/mol. The maximum absolute atomic E-state index is 13.3. The van der Waals surface area contributed by atoms with Crippen molar-refractivity contribution in [1.82, 2.24) is 9.78 Å². The summed E-state index contributed by atoms with van der Waals surface area (Å²) in [6.07, 6.45) is -1.93. The van der Waals surface area contributed by atoms with E-state index in [1.165, 1.54) is 16.9 Å². The van der Waals surface area contributed by atoms with Gasteiger partial charge in [0.2, 0.25) is 0 Å². The molecule has 1 aromatic heterocycles. The molecule has 2 atom stereocenters. The number of halogens is 4. The molecule has 27 heavy (non-hydrogen) atoms. The Morgan fingerprint density at radius 2 is 2.07 bits per heavy atom. The van der Waals surface area contributed by atoms with E-state index in [4.69, 9.17) is 16.3 Å². The van der Waals surface area contributed by atoms with Gasteiger partial charge in [0, 0.05) is 18.0 Å². The predicted octanol–water partition coefficient (Wildman–Crippen LogP) is 5.06. The first-order valence-electron chi connectivity index (χ1n) is 8.61. The molecule has 0 N–H and O–H groups in total. The molecule has 0 saturated heterocycles. The van der Waals surface area contributed by atoms with Crippen molar-refractivity contribution >= 4 is 17.6 Å². The standard InChI is InChI=1S/C19H18ClF3N2O2/c1-17(2)13-6-7-18(17,27-16(26)12-9-24-25(3)15(12)20)14-8-10(19(21,22)23)4-5-11(13)14/h4-5,8-9,13H,6-7H2,1-3H3. The summed E-state index contributed by atoms with van der Waals surface area (Å²) in [5, 5.41) is 4.06. The minimum absolute atomic E-state index is 0.0342. The largest absolute Gasteiger partial charge is 0.450 e. The van der Waals surface area contributed by atoms with Crippen molar-refractivity contribution in [3.8, 4) is 0 Å². The quantitative estimate of drug-likeness (QED) is 0.664. The van der Waals surface area contributed by atoms with Crippen LogP contribution in [0.15, 0.2) is 24.4 Å². The fourth-order valence-electron chi connectivity index (χ4n) is 4.73. The Labute approximate surface area is 159 Å². The number of ether oxygens (including phenoxy) is 1. The summed E-state index contributed by atoms with van der Waals surface area (Å²) in [6, 6.07) is 3.76. The van der Waals surface area contributed by atoms with Gasteiger partial charge < -0.3 is 4.74 Å². The summed E-state index contributed by atoms with van der Waals surface area (Å²) in [5.74, 6) is -0.640. The van der Waals surface area contributed by atoms with E-state index in [9.17, 15) is 18.0 Å². The second-order valence-corrected chi connectivity index (χ2v) is 8.16. The number of aromatic nitrogens is 2. The molecular weight excluding hydrogens is 381 g/mol. The van der Waals surface area contributed by atoms with Crippen molar-refractivity contribution in [2.45, 2.75) is 44.4 Å². The molecule has 2 aliphatic rings. The number of nitrogens with zero attached hydrogens (tertiary/aromatic N) is 2. The normalized spacial score (nSPS) is 25.5. The smallest absolute Gasteiger partial charge is 0.416 e. The average Bonchev–Trinajstić information content (AvgIpc) is 3.10. The van der Waals surface area contributed by atoms with Gasteiger partial charge in [0.05, 0.1) is 11.8 Å². The molecule has 1 saturated carbocycles. The molecule has 2 aromatic rings. The Kier molecular flexibility index (Phi) is 3.74. The summed E-state index contributed by atoms with van der Waals surface area (Å²) >= 11 is 6.10. The Morgan fingerprint density at radius 1 is 1.37 bits per heavy atom. The molecule has 8 heteroatoms. The van der Waals surface area contributed by atoms with Crippen LogP contribution >= 0.6 is 11.6 Å². The van der Waals surface area contributed by atoms with Gasteiger partial charge in [-0.05, 0) is 36.5 Å². The fraction of sp³-hybridized carbons (Fsp3) is 0.474. The van der Waals surface area contributed by atoms with Crippen molar-refractivity contribution in [1.29, 1.82) is 0 Å². The molecule has 1 aromatic carbocycles. The van der Waals surface area contributed by atoms with Gasteiger partial charge in [-0.1, -0.05) is 31.5 Å². The highest BCUT2D eigenvalue weighted by atomic mass is 35.5. The van der Waals surface area contributed by atoms with E-state index >= 15 is 0 Å². The number of hydrogen-bond donors (Lipinski definition) is 0. The number of carbonyl (C=O) groups is 1. The molecule has 4 nitrogen and oxygen atoms in total. The number of carbonyl (C=O) groups excluding carboxylic acids is 1. The highest BCUT2D eigenvalue weighted by Gasteiger charge is 2.65. The number of hydrogen-bond acceptors (Lipinski definition) is 3. The molecule has 0 radical (unpaired) electrons. The molecule has 1 fully saturated rings. The van der Waals surface area contributed by atoms with Crippen LogP contribution in [0.4, 0.5) is 13.2 Å². The van der Waals surface area contributed by atoms with Gasteiger partial charge in [-0.15, -0.1) is 0 Å². The van der Waals surface area contributed by atoms with Crippen molar-refractivity contribution in [3.05, 3.63) is 51.8 Å². The third kappa shape index (κ3) is 2.37. The first kappa shape index (κ1) is 18.3. The van der Waals surface area contributed by atoms with Crippen molar-refractivity contribution in [3.63, 3.8) is 0 Å². The van der Waals surface area contributed by atoms with Gasteiger partial charge >= 0.3 is 12.1 Å². The summed E-state index contributed by atoms with van der Waals surface area (Å²) in [7, 11) is 1.59. The number of rotatable bonds is 2. The van der Waals surface area contributed by atoms with Gasteiger partial charge in [-0.25, -0.2) is 4.79 Å². The minimum atomic E-state index is -4.46. The SMILES string of the molecule is Cn1ncc(C(=O)OC23CCC(c4ccc(C(F)(F)F)cc42)C3(C)C)c1Cl. The monoisotopic (exact) mass is 398 g/mol. The van der Waals surface area contributed by atoms with E-state index in [2.05, 4.69) is 5.10 Å². The summed E-state index contributed by atoms with van der Waals surface area (Å²) in [5.41, 5.74) is -1.00. The van der Waals surface area contributed by atoms with E-state index in [1.807, 2.05) is 13.8 Å². The van der Waals surface area contributed by atoms with Crippen LogP contribution < -0.4 is 0 Å². The van der Waals surface area contributed by atoms with Gasteiger partial charge in [-0.3, -0.25) is 4.68 Å². The molecule has 0 amide bonds. The second kappa shape index (κ2) is 5.50. The topological polar surface area (TPSA) is 44.1 Å². The molecule has 2 unspecified atom stereocenters. The van der Waals surface area contributed by atoms with Crippen LogP contribution in [0, 0.1) is 5.41 Å². The third-order valence-corrected chi connectivity index (χ3v) is 6.69. The third-order valence-electron chi connectivity index (χ3n) is 6.24. The number of esters is 1. The Hall–Kier alpha value is -2.02. The molecule has 1 heterocycles. The fourth-order valence-corrected chi connectivity index (χ4v) is 4.90. The van der Waals surface area contributed by atoms with E-state index in [1.54, 1.807) is 7.05 Å². The van der Waals surface area contributed by atoms with E-state index in [0.29, 0.717) is 12.0 Å². The van der Waals surface area contributed by atoms with E-state index < -0.39 is 28.7 Å². The first-order chi connectivity index (χ1) is 12.5. The zero-order chi connectivity index (χ0) is 19.8. The number of fused-ring (bicyclic) bond motifs is 5. The van der Waals surface area contributed by atoms with Crippen LogP contribution in [0.1, 0.15) is 59.7 Å². The summed E-state index contributed by atoms with van der Waals surface area (Å²) in [6.45, 7) is 3.88. The van der Waals surface area contributed by atoms with Crippen molar-refractivity contribution in [2.24, 2.45) is 12.5 Å². The van der Waals surface area contributed by atoms with Crippen LogP contribution in [0.25, 0.3) is 0 Å². The van der Waals surface area contributed by atoms with Crippen LogP contribution in [0.3, 0.4) is 0 Å². The molecular formula is C19H18ClF3N2O2. The highest BCUT2D eigenvalue weighted by Crippen LogP contribution is 2.68. The van der Waals surface area contributed by atoms with Crippen molar-refractivity contribution in [2.75, 3.05) is 0 Å². The molecule has 4 rings (SSSR count). The number of alkyl halides is 3. The van der Waals surface area contributed by atoms with Crippen LogP contribution in [0.2, 0.25) is 5.15 Å². The highest BCUT2D eigenvalue weighted by molar-refractivity contribution is 6.32. The molecule has 0 aliphatic heterocycles. The van der Waals surface area contributed by atoms with Crippen LogP contribution in [0.5, 0.6) is 0 Å².